The third-order valence-corrected chi connectivity index (χ3v) is 5.24. The van der Waals surface area contributed by atoms with Gasteiger partial charge in [0.25, 0.3) is 0 Å². The second-order valence-corrected chi connectivity index (χ2v) is 7.16. The van der Waals surface area contributed by atoms with Crippen LogP contribution >= 0.6 is 11.8 Å². The Morgan fingerprint density at radius 3 is 2.72 bits per heavy atom. The van der Waals surface area contributed by atoms with Crippen molar-refractivity contribution in [3.05, 3.63) is 36.4 Å². The molecule has 2 saturated heterocycles. The second-order valence-electron chi connectivity index (χ2n) is 5.94. The lowest BCUT2D eigenvalue weighted by Gasteiger charge is -2.29. The summed E-state index contributed by atoms with van der Waals surface area (Å²) in [7, 11) is 0. The Balaban J connectivity index is 1.47. The average Bonchev–Trinajstić information content (AvgIpc) is 3.25. The lowest BCUT2D eigenvalue weighted by molar-refractivity contribution is 0.126. The topological polar surface area (TPSA) is 63.5 Å². The first-order chi connectivity index (χ1) is 12.2. The number of ether oxygens (including phenoxy) is 1. The minimum absolute atomic E-state index is 0.311. The first-order valence-corrected chi connectivity index (χ1v) is 9.30. The van der Waals surface area contributed by atoms with Crippen LogP contribution in [-0.4, -0.2) is 58.3 Å². The monoisotopic (exact) mass is 363 g/mol. The van der Waals surface area contributed by atoms with E-state index < -0.39 is 6.09 Å². The normalized spacial score (nSPS) is 20.8. The largest absolute Gasteiger partial charge is 0.442 e. The van der Waals surface area contributed by atoms with E-state index in [0.29, 0.717) is 24.5 Å². The molecular formula is C16H18FN5O2S. The summed E-state index contributed by atoms with van der Waals surface area (Å²) < 4.78 is 19.9. The van der Waals surface area contributed by atoms with Crippen LogP contribution in [0, 0.1) is 5.82 Å². The molecule has 0 N–H and O–H groups in total. The van der Waals surface area contributed by atoms with Gasteiger partial charge in [-0.15, -0.1) is 0 Å². The van der Waals surface area contributed by atoms with Crippen molar-refractivity contribution < 1.29 is 13.9 Å². The zero-order valence-electron chi connectivity index (χ0n) is 13.5. The fourth-order valence-electron chi connectivity index (χ4n) is 3.07. The van der Waals surface area contributed by atoms with Gasteiger partial charge in [-0.2, -0.15) is 26.8 Å². The number of hydrogen-bond acceptors (Lipinski definition) is 6. The van der Waals surface area contributed by atoms with E-state index in [1.165, 1.54) is 15.8 Å². The Bertz CT molecular complexity index is 751. The third kappa shape index (κ3) is 3.41. The van der Waals surface area contributed by atoms with E-state index in [1.54, 1.807) is 24.5 Å². The van der Waals surface area contributed by atoms with E-state index >= 15 is 0 Å². The maximum atomic E-state index is 14.6. The molecule has 1 amide bonds. The molecule has 9 heteroatoms. The van der Waals surface area contributed by atoms with E-state index in [0.717, 1.165) is 24.6 Å². The van der Waals surface area contributed by atoms with Gasteiger partial charge in [-0.25, -0.2) is 9.18 Å². The number of hydrogen-bond donors (Lipinski definition) is 0. The number of nitrogens with zero attached hydrogens (tertiary/aromatic N) is 5. The molecule has 0 aliphatic carbocycles. The summed E-state index contributed by atoms with van der Waals surface area (Å²) in [6.45, 7) is 2.40. The van der Waals surface area contributed by atoms with Crippen molar-refractivity contribution >= 4 is 29.2 Å². The van der Waals surface area contributed by atoms with Gasteiger partial charge in [-0.05, 0) is 18.2 Å². The van der Waals surface area contributed by atoms with E-state index in [9.17, 15) is 9.18 Å². The number of aromatic nitrogens is 3. The molecule has 7 nitrogen and oxygen atoms in total. The summed E-state index contributed by atoms with van der Waals surface area (Å²) in [5.74, 6) is 1.69. The highest BCUT2D eigenvalue weighted by Gasteiger charge is 2.33. The molecule has 0 radical (unpaired) electrons. The quantitative estimate of drug-likeness (QED) is 0.828. The molecule has 2 aromatic rings. The molecule has 1 aromatic carbocycles. The van der Waals surface area contributed by atoms with Crippen LogP contribution in [0.1, 0.15) is 0 Å². The predicted molar refractivity (Wildman–Crippen MR) is 93.6 cm³/mol. The van der Waals surface area contributed by atoms with Crippen molar-refractivity contribution in [2.24, 2.45) is 0 Å². The van der Waals surface area contributed by atoms with Crippen molar-refractivity contribution in [3.8, 4) is 0 Å². The third-order valence-electron chi connectivity index (χ3n) is 4.30. The Hall–Kier alpha value is -2.29. The molecule has 132 valence electrons. The van der Waals surface area contributed by atoms with E-state index in [4.69, 9.17) is 4.74 Å². The summed E-state index contributed by atoms with van der Waals surface area (Å²) in [5.41, 5.74) is 1.10. The van der Waals surface area contributed by atoms with Gasteiger partial charge in [0.05, 0.1) is 36.9 Å². The minimum atomic E-state index is -0.473. The Morgan fingerprint density at radius 1 is 1.24 bits per heavy atom. The molecule has 2 fully saturated rings. The number of thioether (sulfide) groups is 1. The molecule has 4 rings (SSSR count). The molecule has 0 spiro atoms. The van der Waals surface area contributed by atoms with Crippen LogP contribution in [0.5, 0.6) is 0 Å². The summed E-state index contributed by atoms with van der Waals surface area (Å²) in [4.78, 5) is 17.1. The predicted octanol–water partition coefficient (Wildman–Crippen LogP) is 2.00. The number of cyclic esters (lactones) is 1. The molecule has 2 aliphatic heterocycles. The fourth-order valence-corrected chi connectivity index (χ4v) is 3.97. The summed E-state index contributed by atoms with van der Waals surface area (Å²) >= 11 is 1.88. The highest BCUT2D eigenvalue weighted by atomic mass is 32.2. The van der Waals surface area contributed by atoms with Gasteiger partial charge in [0.2, 0.25) is 0 Å². The van der Waals surface area contributed by atoms with Crippen LogP contribution < -0.4 is 9.80 Å². The van der Waals surface area contributed by atoms with Gasteiger partial charge < -0.3 is 9.64 Å². The maximum Gasteiger partial charge on any atom is 0.414 e. The van der Waals surface area contributed by atoms with Crippen molar-refractivity contribution in [3.63, 3.8) is 0 Å². The van der Waals surface area contributed by atoms with Crippen molar-refractivity contribution in [1.29, 1.82) is 0 Å². The molecule has 1 atom stereocenters. The van der Waals surface area contributed by atoms with Gasteiger partial charge in [0.15, 0.2) is 0 Å². The number of anilines is 2. The summed E-state index contributed by atoms with van der Waals surface area (Å²) in [5, 5.41) is 8.02. The Labute approximate surface area is 148 Å². The molecule has 0 unspecified atom stereocenters. The molecule has 3 heterocycles. The summed E-state index contributed by atoms with van der Waals surface area (Å²) in [6, 6.07) is 4.93. The average molecular weight is 363 g/mol. The first-order valence-electron chi connectivity index (χ1n) is 8.15. The fraction of sp³-hybridized carbons (Fsp3) is 0.438. The van der Waals surface area contributed by atoms with Crippen LogP contribution in [0.3, 0.4) is 0 Å². The minimum Gasteiger partial charge on any atom is -0.442 e. The Morgan fingerprint density at radius 2 is 2.00 bits per heavy atom. The highest BCUT2D eigenvalue weighted by molar-refractivity contribution is 7.99. The molecule has 0 saturated carbocycles. The molecule has 0 bridgehead atoms. The SMILES string of the molecule is O=C1O[C@@H](Cn2nccn2)CN1c1ccc(N2CCSCC2)c(F)c1. The van der Waals surface area contributed by atoms with Gasteiger partial charge in [0.1, 0.15) is 11.9 Å². The highest BCUT2D eigenvalue weighted by Crippen LogP contribution is 2.29. The summed E-state index contributed by atoms with van der Waals surface area (Å²) in [6.07, 6.45) is 2.31. The smallest absolute Gasteiger partial charge is 0.414 e. The van der Waals surface area contributed by atoms with Crippen LogP contribution in [0.25, 0.3) is 0 Å². The van der Waals surface area contributed by atoms with Gasteiger partial charge in [-0.3, -0.25) is 4.90 Å². The lowest BCUT2D eigenvalue weighted by atomic mass is 10.2. The van der Waals surface area contributed by atoms with Crippen LogP contribution in [0.4, 0.5) is 20.6 Å². The molecular weight excluding hydrogens is 345 g/mol. The van der Waals surface area contributed by atoms with Crippen LogP contribution in [0.2, 0.25) is 0 Å². The van der Waals surface area contributed by atoms with Crippen molar-refractivity contribution in [1.82, 2.24) is 15.0 Å². The van der Waals surface area contributed by atoms with E-state index in [-0.39, 0.29) is 11.9 Å². The molecule has 2 aliphatic rings. The zero-order valence-corrected chi connectivity index (χ0v) is 14.4. The number of carbonyl (C=O) groups excluding carboxylic acids is 1. The van der Waals surface area contributed by atoms with Crippen molar-refractivity contribution in [2.75, 3.05) is 40.9 Å². The number of benzene rings is 1. The van der Waals surface area contributed by atoms with E-state index in [2.05, 4.69) is 10.2 Å². The number of amides is 1. The van der Waals surface area contributed by atoms with Crippen molar-refractivity contribution in [2.45, 2.75) is 12.6 Å². The van der Waals surface area contributed by atoms with Gasteiger partial charge in [0, 0.05) is 24.6 Å². The second kappa shape index (κ2) is 6.91. The number of rotatable bonds is 4. The Kier molecular flexibility index (Phi) is 4.48. The standard InChI is InChI=1S/C16H18FN5O2S/c17-14-9-12(1-2-15(14)20-5-7-25-8-6-20)21-10-13(24-16(21)23)11-22-18-3-4-19-22/h1-4,9,13H,5-8,10-11H2/t13-/m1/s1. The van der Waals surface area contributed by atoms with E-state index in [1.807, 2.05) is 16.7 Å². The molecule has 1 aromatic heterocycles. The number of carbonyl (C=O) groups is 1. The lowest BCUT2D eigenvalue weighted by Crippen LogP contribution is -2.33. The zero-order chi connectivity index (χ0) is 17.2. The van der Waals surface area contributed by atoms with Gasteiger partial charge >= 0.3 is 6.09 Å². The maximum absolute atomic E-state index is 14.6. The number of halogens is 1. The van der Waals surface area contributed by atoms with Crippen LogP contribution in [0.15, 0.2) is 30.6 Å². The molecule has 25 heavy (non-hydrogen) atoms. The van der Waals surface area contributed by atoms with Gasteiger partial charge in [-0.1, -0.05) is 0 Å². The van der Waals surface area contributed by atoms with Crippen LogP contribution in [-0.2, 0) is 11.3 Å². The first kappa shape index (κ1) is 16.2.